The maximum absolute atomic E-state index is 12.4. The van der Waals surface area contributed by atoms with E-state index in [1.165, 1.54) is 4.88 Å². The fourth-order valence-corrected chi connectivity index (χ4v) is 5.03. The predicted molar refractivity (Wildman–Crippen MR) is 95.1 cm³/mol. The molecule has 1 aliphatic carbocycles. The number of likely N-dealkylation sites (tertiary alicyclic amines) is 1. The van der Waals surface area contributed by atoms with Crippen LogP contribution in [-0.4, -0.2) is 42.2 Å². The van der Waals surface area contributed by atoms with Crippen molar-refractivity contribution in [3.63, 3.8) is 0 Å². The molecule has 24 heavy (non-hydrogen) atoms. The summed E-state index contributed by atoms with van der Waals surface area (Å²) in [7, 11) is 0. The molecule has 1 unspecified atom stereocenters. The van der Waals surface area contributed by atoms with Crippen molar-refractivity contribution in [2.75, 3.05) is 31.6 Å². The maximum Gasteiger partial charge on any atom is 0.239 e. The van der Waals surface area contributed by atoms with Crippen LogP contribution in [-0.2, 0) is 17.6 Å². The second kappa shape index (κ2) is 7.64. The van der Waals surface area contributed by atoms with Crippen LogP contribution < -0.4 is 5.32 Å². The lowest BCUT2D eigenvalue weighted by Gasteiger charge is -2.30. The summed E-state index contributed by atoms with van der Waals surface area (Å²) in [4.78, 5) is 15.8. The highest BCUT2D eigenvalue weighted by Crippen LogP contribution is 2.39. The Labute approximate surface area is 147 Å². The standard InChI is InChI=1S/C18H25N3O2S/c1-12-2-3-14-15(9-19)18(24-16(14)8-12)20-17(23)10-21-6-4-13(11-22)5-7-21/h12-13,22H,2-8,10-11H2,1H3,(H,20,23). The molecule has 1 aliphatic heterocycles. The molecule has 2 N–H and O–H groups in total. The summed E-state index contributed by atoms with van der Waals surface area (Å²) >= 11 is 1.58. The molecule has 1 amide bonds. The quantitative estimate of drug-likeness (QED) is 0.877. The minimum Gasteiger partial charge on any atom is -0.396 e. The van der Waals surface area contributed by atoms with Gasteiger partial charge in [0.05, 0.1) is 12.1 Å². The van der Waals surface area contributed by atoms with Crippen molar-refractivity contribution in [1.82, 2.24) is 4.90 Å². The number of amides is 1. The number of hydrogen-bond acceptors (Lipinski definition) is 5. The third-order valence-corrected chi connectivity index (χ3v) is 6.38. The second-order valence-electron chi connectivity index (χ2n) is 7.12. The number of carbonyl (C=O) groups is 1. The summed E-state index contributed by atoms with van der Waals surface area (Å²) in [5, 5.41) is 22.4. The van der Waals surface area contributed by atoms with E-state index in [1.54, 1.807) is 11.3 Å². The number of fused-ring (bicyclic) bond motifs is 1. The van der Waals surface area contributed by atoms with Crippen LogP contribution in [0.5, 0.6) is 0 Å². The van der Waals surface area contributed by atoms with Gasteiger partial charge < -0.3 is 10.4 Å². The van der Waals surface area contributed by atoms with Crippen LogP contribution in [0.25, 0.3) is 0 Å². The molecule has 1 aromatic rings. The first-order valence-corrected chi connectivity index (χ1v) is 9.60. The zero-order valence-electron chi connectivity index (χ0n) is 14.2. The molecule has 130 valence electrons. The lowest BCUT2D eigenvalue weighted by atomic mass is 9.89. The first-order chi connectivity index (χ1) is 11.6. The summed E-state index contributed by atoms with van der Waals surface area (Å²) in [5.41, 5.74) is 1.83. The highest BCUT2D eigenvalue weighted by Gasteiger charge is 2.25. The number of nitriles is 1. The van der Waals surface area contributed by atoms with E-state index in [-0.39, 0.29) is 12.5 Å². The minimum absolute atomic E-state index is 0.0411. The largest absolute Gasteiger partial charge is 0.396 e. The van der Waals surface area contributed by atoms with Gasteiger partial charge in [-0.25, -0.2) is 0 Å². The highest BCUT2D eigenvalue weighted by molar-refractivity contribution is 7.16. The summed E-state index contributed by atoms with van der Waals surface area (Å²) < 4.78 is 0. The number of carbonyl (C=O) groups excluding carboxylic acids is 1. The molecular formula is C18H25N3O2S. The Morgan fingerprint density at radius 3 is 2.83 bits per heavy atom. The van der Waals surface area contributed by atoms with Gasteiger partial charge in [-0.15, -0.1) is 11.3 Å². The molecule has 0 aromatic carbocycles. The van der Waals surface area contributed by atoms with Gasteiger partial charge in [-0.1, -0.05) is 6.92 Å². The van der Waals surface area contributed by atoms with Crippen LogP contribution in [0.1, 0.15) is 42.2 Å². The summed E-state index contributed by atoms with van der Waals surface area (Å²) in [6.45, 7) is 4.54. The predicted octanol–water partition coefficient (Wildman–Crippen LogP) is 2.39. The lowest BCUT2D eigenvalue weighted by molar-refractivity contribution is -0.117. The molecule has 0 spiro atoms. The van der Waals surface area contributed by atoms with Gasteiger partial charge in [-0.05, 0) is 62.6 Å². The molecule has 1 fully saturated rings. The van der Waals surface area contributed by atoms with Crippen LogP contribution in [0.3, 0.4) is 0 Å². The molecule has 6 heteroatoms. The second-order valence-corrected chi connectivity index (χ2v) is 8.22. The molecular weight excluding hydrogens is 322 g/mol. The van der Waals surface area contributed by atoms with Gasteiger partial charge in [-0.2, -0.15) is 5.26 Å². The molecule has 0 radical (unpaired) electrons. The Morgan fingerprint density at radius 1 is 1.42 bits per heavy atom. The Morgan fingerprint density at radius 2 is 2.17 bits per heavy atom. The summed E-state index contributed by atoms with van der Waals surface area (Å²) in [6, 6.07) is 2.30. The number of aliphatic hydroxyl groups is 1. The third kappa shape index (κ3) is 3.80. The average molecular weight is 347 g/mol. The van der Waals surface area contributed by atoms with Crippen LogP contribution >= 0.6 is 11.3 Å². The maximum atomic E-state index is 12.4. The van der Waals surface area contributed by atoms with Crippen molar-refractivity contribution in [2.45, 2.75) is 39.0 Å². The monoisotopic (exact) mass is 347 g/mol. The van der Waals surface area contributed by atoms with Crippen LogP contribution in [0.2, 0.25) is 0 Å². The topological polar surface area (TPSA) is 76.4 Å². The van der Waals surface area contributed by atoms with E-state index in [4.69, 9.17) is 0 Å². The lowest BCUT2D eigenvalue weighted by Crippen LogP contribution is -2.39. The van der Waals surface area contributed by atoms with Gasteiger partial charge in [0.15, 0.2) is 0 Å². The Kier molecular flexibility index (Phi) is 5.54. The fourth-order valence-electron chi connectivity index (χ4n) is 3.65. The van der Waals surface area contributed by atoms with E-state index in [0.29, 0.717) is 23.9 Å². The van der Waals surface area contributed by atoms with E-state index >= 15 is 0 Å². The van der Waals surface area contributed by atoms with Gasteiger partial charge >= 0.3 is 0 Å². The van der Waals surface area contributed by atoms with Crippen molar-refractivity contribution in [3.05, 3.63) is 16.0 Å². The average Bonchev–Trinajstić information content (AvgIpc) is 2.91. The third-order valence-electron chi connectivity index (χ3n) is 5.21. The van der Waals surface area contributed by atoms with E-state index in [0.717, 1.165) is 55.8 Å². The zero-order chi connectivity index (χ0) is 17.1. The molecule has 3 rings (SSSR count). The Balaban J connectivity index is 1.62. The summed E-state index contributed by atoms with van der Waals surface area (Å²) in [5.74, 6) is 0.986. The Bertz CT molecular complexity index is 641. The van der Waals surface area contributed by atoms with Crippen molar-refractivity contribution < 1.29 is 9.90 Å². The Hall–Kier alpha value is -1.42. The molecule has 1 aromatic heterocycles. The van der Waals surface area contributed by atoms with Crippen molar-refractivity contribution >= 4 is 22.2 Å². The van der Waals surface area contributed by atoms with Crippen molar-refractivity contribution in [1.29, 1.82) is 5.26 Å². The number of nitrogens with zero attached hydrogens (tertiary/aromatic N) is 2. The van der Waals surface area contributed by atoms with Gasteiger partial charge in [0.1, 0.15) is 11.1 Å². The van der Waals surface area contributed by atoms with Crippen LogP contribution in [0.4, 0.5) is 5.00 Å². The number of anilines is 1. The SMILES string of the molecule is CC1CCc2c(sc(NC(=O)CN3CCC(CO)CC3)c2C#N)C1. The zero-order valence-corrected chi connectivity index (χ0v) is 15.0. The summed E-state index contributed by atoms with van der Waals surface area (Å²) in [6.07, 6.45) is 4.96. The molecule has 1 atom stereocenters. The van der Waals surface area contributed by atoms with Crippen LogP contribution in [0.15, 0.2) is 0 Å². The van der Waals surface area contributed by atoms with Crippen LogP contribution in [0, 0.1) is 23.2 Å². The van der Waals surface area contributed by atoms with Gasteiger partial charge in [0.25, 0.3) is 0 Å². The van der Waals surface area contributed by atoms with Crippen molar-refractivity contribution in [2.24, 2.45) is 11.8 Å². The van der Waals surface area contributed by atoms with E-state index in [9.17, 15) is 15.2 Å². The smallest absolute Gasteiger partial charge is 0.239 e. The number of aliphatic hydroxyl groups excluding tert-OH is 1. The molecule has 5 nitrogen and oxygen atoms in total. The number of nitrogens with one attached hydrogen (secondary N) is 1. The molecule has 2 aliphatic rings. The van der Waals surface area contributed by atoms with E-state index < -0.39 is 0 Å². The molecule has 0 saturated carbocycles. The van der Waals surface area contributed by atoms with Gasteiger partial charge in [0, 0.05) is 11.5 Å². The number of piperidine rings is 1. The van der Waals surface area contributed by atoms with E-state index in [2.05, 4.69) is 23.2 Å². The van der Waals surface area contributed by atoms with Crippen molar-refractivity contribution in [3.8, 4) is 6.07 Å². The van der Waals surface area contributed by atoms with E-state index in [1.807, 2.05) is 0 Å². The fraction of sp³-hybridized carbons (Fsp3) is 0.667. The van der Waals surface area contributed by atoms with Gasteiger partial charge in [-0.3, -0.25) is 9.69 Å². The molecule has 2 heterocycles. The highest BCUT2D eigenvalue weighted by atomic mass is 32.1. The normalized spacial score (nSPS) is 22.0. The number of rotatable bonds is 4. The first kappa shape index (κ1) is 17.4. The number of thiophene rings is 1. The first-order valence-electron chi connectivity index (χ1n) is 8.78. The number of hydrogen-bond donors (Lipinski definition) is 2. The molecule has 1 saturated heterocycles. The van der Waals surface area contributed by atoms with Gasteiger partial charge in [0.2, 0.25) is 5.91 Å². The minimum atomic E-state index is -0.0411. The molecule has 0 bridgehead atoms.